The fourth-order valence-corrected chi connectivity index (χ4v) is 2.75. The molecule has 0 spiro atoms. The number of hydrazone groups is 1. The first kappa shape index (κ1) is 20.6. The molecule has 2 amide bonds. The number of nitrogens with two attached hydrogens (primary N) is 1. The van der Waals surface area contributed by atoms with E-state index in [-0.39, 0.29) is 0 Å². The monoisotopic (exact) mass is 435 g/mol. The van der Waals surface area contributed by atoms with Crippen molar-refractivity contribution in [1.82, 2.24) is 5.43 Å². The van der Waals surface area contributed by atoms with Crippen molar-refractivity contribution in [2.24, 2.45) is 10.8 Å². The average molecular weight is 436 g/mol. The highest BCUT2D eigenvalue weighted by molar-refractivity contribution is 9.10. The topological polar surface area (TPSA) is 95.2 Å². The van der Waals surface area contributed by atoms with Crippen molar-refractivity contribution in [3.8, 4) is 17.2 Å². The molecule has 0 fully saturated rings. The van der Waals surface area contributed by atoms with Crippen molar-refractivity contribution < 1.29 is 19.0 Å². The Morgan fingerprint density at radius 2 is 1.89 bits per heavy atom. The number of urea groups is 1. The second-order valence-corrected chi connectivity index (χ2v) is 6.36. The Labute approximate surface area is 166 Å². The molecule has 0 atom stereocenters. The molecule has 0 aliphatic rings. The Morgan fingerprint density at radius 3 is 2.56 bits per heavy atom. The Bertz CT molecular complexity index is 794. The smallest absolute Gasteiger partial charge is 0.332 e. The summed E-state index contributed by atoms with van der Waals surface area (Å²) in [5.41, 5.74) is 9.01. The van der Waals surface area contributed by atoms with Gasteiger partial charge in [0.05, 0.1) is 17.3 Å². The van der Waals surface area contributed by atoms with E-state index in [1.165, 1.54) is 11.8 Å². The van der Waals surface area contributed by atoms with Crippen LogP contribution in [0.4, 0.5) is 4.79 Å². The van der Waals surface area contributed by atoms with Crippen LogP contribution in [0.3, 0.4) is 0 Å². The molecule has 0 radical (unpaired) electrons. The minimum Gasteiger partial charge on any atom is -0.490 e. The molecule has 2 aromatic rings. The number of hydrogen-bond acceptors (Lipinski definition) is 5. The molecule has 0 saturated carbocycles. The number of nitrogens with zero attached hydrogens (tertiary/aromatic N) is 1. The molecular formula is C19H22BrN3O4. The molecule has 2 aromatic carbocycles. The van der Waals surface area contributed by atoms with Crippen molar-refractivity contribution >= 4 is 28.2 Å². The number of carbonyl (C=O) groups excluding carboxylic acids is 1. The molecule has 0 heterocycles. The van der Waals surface area contributed by atoms with E-state index in [4.69, 9.17) is 19.9 Å². The van der Waals surface area contributed by atoms with E-state index in [1.807, 2.05) is 38.1 Å². The Hall–Kier alpha value is -2.74. The molecule has 0 unspecified atom stereocenters. The zero-order valence-corrected chi connectivity index (χ0v) is 16.8. The minimum atomic E-state index is -0.733. The molecule has 3 N–H and O–H groups in total. The summed E-state index contributed by atoms with van der Waals surface area (Å²) in [5.74, 6) is 1.92. The van der Waals surface area contributed by atoms with Gasteiger partial charge in [-0.2, -0.15) is 5.10 Å². The number of carbonyl (C=O) groups is 1. The van der Waals surface area contributed by atoms with Gasteiger partial charge in [0.2, 0.25) is 0 Å². The number of aryl methyl sites for hydroxylation is 1. The number of halogens is 1. The van der Waals surface area contributed by atoms with Crippen molar-refractivity contribution in [3.63, 3.8) is 0 Å². The van der Waals surface area contributed by atoms with E-state index in [1.54, 1.807) is 12.1 Å². The lowest BCUT2D eigenvalue weighted by Gasteiger charge is -2.15. The molecule has 8 heteroatoms. The maximum absolute atomic E-state index is 10.7. The maximum Gasteiger partial charge on any atom is 0.332 e. The van der Waals surface area contributed by atoms with Crippen LogP contribution in [-0.2, 0) is 0 Å². The third-order valence-corrected chi connectivity index (χ3v) is 3.93. The maximum atomic E-state index is 10.7. The molecular weight excluding hydrogens is 414 g/mol. The predicted molar refractivity (Wildman–Crippen MR) is 108 cm³/mol. The Morgan fingerprint density at radius 1 is 1.19 bits per heavy atom. The average Bonchev–Trinajstić information content (AvgIpc) is 2.62. The van der Waals surface area contributed by atoms with E-state index in [9.17, 15) is 4.79 Å². The van der Waals surface area contributed by atoms with Gasteiger partial charge in [-0.3, -0.25) is 0 Å². The van der Waals surface area contributed by atoms with E-state index in [0.717, 1.165) is 5.75 Å². The quantitative estimate of drug-likeness (QED) is 0.357. The third-order valence-electron chi connectivity index (χ3n) is 3.34. The van der Waals surface area contributed by atoms with Crippen LogP contribution in [0.5, 0.6) is 17.2 Å². The molecule has 2 rings (SSSR count). The lowest BCUT2D eigenvalue weighted by molar-refractivity contribution is 0.207. The van der Waals surface area contributed by atoms with Crippen LogP contribution in [-0.4, -0.2) is 32.1 Å². The van der Waals surface area contributed by atoms with Gasteiger partial charge in [-0.25, -0.2) is 10.2 Å². The predicted octanol–water partition coefficient (Wildman–Crippen LogP) is 3.62. The van der Waals surface area contributed by atoms with Crippen molar-refractivity contribution in [2.45, 2.75) is 13.8 Å². The molecule has 0 saturated heterocycles. The number of benzene rings is 2. The van der Waals surface area contributed by atoms with Crippen molar-refractivity contribution in [3.05, 3.63) is 52.0 Å². The minimum absolute atomic E-state index is 0.350. The molecule has 27 heavy (non-hydrogen) atoms. The number of primary amides is 1. The Balaban J connectivity index is 2.00. The number of hydrogen-bond donors (Lipinski definition) is 2. The summed E-state index contributed by atoms with van der Waals surface area (Å²) in [7, 11) is 0. The normalized spacial score (nSPS) is 10.6. The Kier molecular flexibility index (Phi) is 7.94. The van der Waals surface area contributed by atoms with E-state index >= 15 is 0 Å². The van der Waals surface area contributed by atoms with Gasteiger partial charge < -0.3 is 19.9 Å². The number of rotatable bonds is 9. The second-order valence-electron chi connectivity index (χ2n) is 5.51. The van der Waals surface area contributed by atoms with Crippen LogP contribution in [0.15, 0.2) is 46.0 Å². The third kappa shape index (κ3) is 6.82. The zero-order chi connectivity index (χ0) is 19.6. The molecule has 0 bridgehead atoms. The molecule has 0 aromatic heterocycles. The van der Waals surface area contributed by atoms with Gasteiger partial charge in [0.25, 0.3) is 0 Å². The summed E-state index contributed by atoms with van der Waals surface area (Å²) in [6.45, 7) is 5.13. The lowest BCUT2D eigenvalue weighted by atomic mass is 10.2. The zero-order valence-electron chi connectivity index (χ0n) is 15.2. The van der Waals surface area contributed by atoms with Crippen LogP contribution in [0.1, 0.15) is 18.1 Å². The largest absolute Gasteiger partial charge is 0.490 e. The summed E-state index contributed by atoms with van der Waals surface area (Å²) < 4.78 is 17.8. The van der Waals surface area contributed by atoms with Crippen molar-refractivity contribution in [2.75, 3.05) is 19.8 Å². The van der Waals surface area contributed by atoms with Crippen LogP contribution in [0.2, 0.25) is 0 Å². The summed E-state index contributed by atoms with van der Waals surface area (Å²) in [4.78, 5) is 10.7. The van der Waals surface area contributed by atoms with Gasteiger partial charge in [0.1, 0.15) is 19.0 Å². The SMILES string of the molecule is CCOc1cc(C=NNC(N)=O)cc(Br)c1OCCOc1ccc(C)cc1. The number of ether oxygens (including phenoxy) is 3. The highest BCUT2D eigenvalue weighted by Crippen LogP contribution is 2.36. The highest BCUT2D eigenvalue weighted by atomic mass is 79.9. The summed E-state index contributed by atoms with van der Waals surface area (Å²) >= 11 is 3.47. The number of amides is 2. The van der Waals surface area contributed by atoms with Gasteiger partial charge in [0.15, 0.2) is 11.5 Å². The fourth-order valence-electron chi connectivity index (χ4n) is 2.17. The number of nitrogens with one attached hydrogen (secondary N) is 1. The van der Waals surface area contributed by atoms with Gasteiger partial charge >= 0.3 is 6.03 Å². The van der Waals surface area contributed by atoms with Gasteiger partial charge in [-0.05, 0) is 59.6 Å². The highest BCUT2D eigenvalue weighted by Gasteiger charge is 2.12. The van der Waals surface area contributed by atoms with Gasteiger partial charge in [-0.15, -0.1) is 0 Å². The molecule has 0 aliphatic heterocycles. The van der Waals surface area contributed by atoms with Crippen LogP contribution in [0, 0.1) is 6.92 Å². The van der Waals surface area contributed by atoms with Crippen molar-refractivity contribution in [1.29, 1.82) is 0 Å². The van der Waals surface area contributed by atoms with Crippen LogP contribution in [0.25, 0.3) is 0 Å². The fraction of sp³-hybridized carbons (Fsp3) is 0.263. The molecule has 144 valence electrons. The van der Waals surface area contributed by atoms with Crippen LogP contribution >= 0.6 is 15.9 Å². The van der Waals surface area contributed by atoms with Crippen LogP contribution < -0.4 is 25.4 Å². The second kappa shape index (κ2) is 10.4. The summed E-state index contributed by atoms with van der Waals surface area (Å²) in [6.07, 6.45) is 1.46. The van der Waals surface area contributed by atoms with Gasteiger partial charge in [0, 0.05) is 0 Å². The molecule has 7 nitrogen and oxygen atoms in total. The first-order valence-electron chi connectivity index (χ1n) is 8.36. The van der Waals surface area contributed by atoms with E-state index in [0.29, 0.717) is 41.4 Å². The van der Waals surface area contributed by atoms with E-state index in [2.05, 4.69) is 26.5 Å². The first-order chi connectivity index (χ1) is 13.0. The summed E-state index contributed by atoms with van der Waals surface area (Å²) in [6, 6.07) is 10.7. The van der Waals surface area contributed by atoms with Gasteiger partial charge in [-0.1, -0.05) is 17.7 Å². The molecule has 0 aliphatic carbocycles. The standard InChI is InChI=1S/C19H22BrN3O4/c1-3-25-17-11-14(12-22-23-19(21)24)10-16(20)18(17)27-9-8-26-15-6-4-13(2)5-7-15/h4-7,10-12H,3,8-9H2,1-2H3,(H3,21,23,24). The lowest BCUT2D eigenvalue weighted by Crippen LogP contribution is -2.24. The van der Waals surface area contributed by atoms with E-state index < -0.39 is 6.03 Å². The first-order valence-corrected chi connectivity index (χ1v) is 9.16. The summed E-state index contributed by atoms with van der Waals surface area (Å²) in [5, 5.41) is 3.74.